The fourth-order valence-electron chi connectivity index (χ4n) is 3.83. The number of morpholine rings is 1. The van der Waals surface area contributed by atoms with Crippen molar-refractivity contribution < 1.29 is 13.9 Å². The van der Waals surface area contributed by atoms with Crippen LogP contribution in [0.3, 0.4) is 0 Å². The second-order valence-electron chi connectivity index (χ2n) is 9.32. The molecule has 1 aromatic carbocycles. The number of carbonyl (C=O) groups excluding carboxylic acids is 1. The Balaban J connectivity index is 1.48. The topological polar surface area (TPSA) is 98.3 Å². The fraction of sp³-hybridized carbons (Fsp3) is 0.500. The highest BCUT2D eigenvalue weighted by atomic mass is 16.5. The van der Waals surface area contributed by atoms with Crippen molar-refractivity contribution in [3.05, 3.63) is 47.5 Å². The molecule has 0 spiro atoms. The van der Waals surface area contributed by atoms with Crippen molar-refractivity contribution in [1.29, 1.82) is 0 Å². The number of nitrogens with zero attached hydrogens (tertiary/aromatic N) is 5. The minimum Gasteiger partial charge on any atom is -0.420 e. The smallest absolute Gasteiger partial charge is 0.268 e. The molecule has 9 nitrogen and oxygen atoms in total. The average Bonchev–Trinajstić information content (AvgIpc) is 3.44. The summed E-state index contributed by atoms with van der Waals surface area (Å²) in [5.41, 5.74) is 2.82. The van der Waals surface area contributed by atoms with Crippen LogP contribution < -0.4 is 5.32 Å². The van der Waals surface area contributed by atoms with Gasteiger partial charge in [-0.2, -0.15) is 5.10 Å². The predicted molar refractivity (Wildman–Crippen MR) is 125 cm³/mol. The molecule has 1 aliphatic heterocycles. The molecule has 1 amide bonds. The highest BCUT2D eigenvalue weighted by Crippen LogP contribution is 2.29. The van der Waals surface area contributed by atoms with Crippen molar-refractivity contribution >= 4 is 5.91 Å². The Bertz CT molecular complexity index is 1090. The van der Waals surface area contributed by atoms with Gasteiger partial charge in [-0.25, -0.2) is 4.68 Å². The standard InChI is InChI=1S/C24H32N6O3/c1-17-26-27-23(33-17)20-16-21(24(2,3)4)30(28-20)19-8-5-7-18(15-19)22(31)25-9-6-10-29-11-13-32-14-12-29/h5,7-8,15-16H,6,9-14H2,1-4H3,(H,25,31). The third-order valence-electron chi connectivity index (χ3n) is 5.62. The van der Waals surface area contributed by atoms with Crippen molar-refractivity contribution in [1.82, 2.24) is 30.2 Å². The van der Waals surface area contributed by atoms with Gasteiger partial charge < -0.3 is 14.5 Å². The van der Waals surface area contributed by atoms with Crippen molar-refractivity contribution in [2.24, 2.45) is 0 Å². The summed E-state index contributed by atoms with van der Waals surface area (Å²) in [7, 11) is 0. The number of hydrogen-bond donors (Lipinski definition) is 1. The minimum atomic E-state index is -0.182. The first-order valence-electron chi connectivity index (χ1n) is 11.4. The van der Waals surface area contributed by atoms with Gasteiger partial charge in [-0.05, 0) is 37.2 Å². The largest absolute Gasteiger partial charge is 0.420 e. The molecule has 0 bridgehead atoms. The first-order chi connectivity index (χ1) is 15.8. The molecule has 0 unspecified atom stereocenters. The zero-order valence-corrected chi connectivity index (χ0v) is 19.8. The Labute approximate surface area is 194 Å². The van der Waals surface area contributed by atoms with Crippen LogP contribution in [0.2, 0.25) is 0 Å². The van der Waals surface area contributed by atoms with Gasteiger partial charge in [0.1, 0.15) is 5.69 Å². The SMILES string of the molecule is Cc1nnc(-c2cc(C(C)(C)C)n(-c3cccc(C(=O)NCCCN4CCOCC4)c3)n2)o1. The van der Waals surface area contributed by atoms with E-state index in [1.54, 1.807) is 6.92 Å². The Morgan fingerprint density at radius 1 is 1.15 bits per heavy atom. The number of hydrogen-bond acceptors (Lipinski definition) is 7. The maximum absolute atomic E-state index is 12.8. The van der Waals surface area contributed by atoms with Gasteiger partial charge in [0.2, 0.25) is 5.89 Å². The van der Waals surface area contributed by atoms with Crippen LogP contribution in [-0.4, -0.2) is 70.2 Å². The Hall–Kier alpha value is -3.04. The van der Waals surface area contributed by atoms with Gasteiger partial charge in [0.15, 0.2) is 0 Å². The van der Waals surface area contributed by atoms with Crippen LogP contribution >= 0.6 is 0 Å². The molecule has 0 aliphatic carbocycles. The van der Waals surface area contributed by atoms with E-state index in [-0.39, 0.29) is 11.3 Å². The molecule has 0 atom stereocenters. The van der Waals surface area contributed by atoms with Crippen LogP contribution in [0.4, 0.5) is 0 Å². The lowest BCUT2D eigenvalue weighted by atomic mass is 9.91. The molecule has 176 valence electrons. The molecular formula is C24H32N6O3. The Morgan fingerprint density at radius 3 is 2.64 bits per heavy atom. The summed E-state index contributed by atoms with van der Waals surface area (Å²) < 4.78 is 12.8. The fourth-order valence-corrected chi connectivity index (χ4v) is 3.83. The lowest BCUT2D eigenvalue weighted by molar-refractivity contribution is 0.0374. The third-order valence-corrected chi connectivity index (χ3v) is 5.62. The number of carbonyl (C=O) groups is 1. The van der Waals surface area contributed by atoms with Crippen molar-refractivity contribution in [2.75, 3.05) is 39.4 Å². The van der Waals surface area contributed by atoms with Crippen LogP contribution in [0.5, 0.6) is 0 Å². The third kappa shape index (κ3) is 5.66. The van der Waals surface area contributed by atoms with E-state index in [1.165, 1.54) is 0 Å². The summed E-state index contributed by atoms with van der Waals surface area (Å²) in [5.74, 6) is 0.783. The number of nitrogens with one attached hydrogen (secondary N) is 1. The first kappa shape index (κ1) is 23.1. The van der Waals surface area contributed by atoms with Crippen LogP contribution in [0, 0.1) is 6.92 Å². The molecule has 9 heteroatoms. The molecule has 0 radical (unpaired) electrons. The second kappa shape index (κ2) is 9.84. The summed E-state index contributed by atoms with van der Waals surface area (Å²) in [6.07, 6.45) is 0.908. The monoisotopic (exact) mass is 452 g/mol. The van der Waals surface area contributed by atoms with E-state index in [4.69, 9.17) is 14.3 Å². The Morgan fingerprint density at radius 2 is 1.94 bits per heavy atom. The summed E-state index contributed by atoms with van der Waals surface area (Å²) in [5, 5.41) is 15.8. The van der Waals surface area contributed by atoms with Crippen molar-refractivity contribution in [3.8, 4) is 17.3 Å². The highest BCUT2D eigenvalue weighted by molar-refractivity contribution is 5.94. The molecule has 0 saturated carbocycles. The summed E-state index contributed by atoms with van der Waals surface area (Å²) >= 11 is 0. The van der Waals surface area contributed by atoms with Gasteiger partial charge in [0.05, 0.1) is 24.6 Å². The number of ether oxygens (including phenoxy) is 1. The molecular weight excluding hydrogens is 420 g/mol. The quantitative estimate of drug-likeness (QED) is 0.550. The number of benzene rings is 1. The van der Waals surface area contributed by atoms with Crippen LogP contribution in [0.15, 0.2) is 34.7 Å². The van der Waals surface area contributed by atoms with E-state index in [0.717, 1.165) is 50.7 Å². The van der Waals surface area contributed by atoms with Gasteiger partial charge >= 0.3 is 0 Å². The molecule has 4 rings (SSSR count). The van der Waals surface area contributed by atoms with Crippen molar-refractivity contribution in [2.45, 2.75) is 39.5 Å². The maximum atomic E-state index is 12.8. The zero-order chi connectivity index (χ0) is 23.4. The Kier molecular flexibility index (Phi) is 6.90. The number of aryl methyl sites for hydroxylation is 1. The van der Waals surface area contributed by atoms with Gasteiger partial charge in [0, 0.05) is 37.5 Å². The van der Waals surface area contributed by atoms with E-state index < -0.39 is 0 Å². The summed E-state index contributed by atoms with van der Waals surface area (Å²) in [6.45, 7) is 13.2. The maximum Gasteiger partial charge on any atom is 0.268 e. The normalized spacial score (nSPS) is 15.0. The molecule has 2 aromatic heterocycles. The lowest BCUT2D eigenvalue weighted by Crippen LogP contribution is -2.38. The van der Waals surface area contributed by atoms with E-state index >= 15 is 0 Å². The van der Waals surface area contributed by atoms with E-state index in [2.05, 4.69) is 41.2 Å². The minimum absolute atomic E-state index is 0.0870. The average molecular weight is 453 g/mol. The lowest BCUT2D eigenvalue weighted by Gasteiger charge is -2.26. The number of amides is 1. The first-order valence-corrected chi connectivity index (χ1v) is 11.4. The predicted octanol–water partition coefficient (Wildman–Crippen LogP) is 2.98. The van der Waals surface area contributed by atoms with Gasteiger partial charge in [-0.3, -0.25) is 9.69 Å². The van der Waals surface area contributed by atoms with Crippen molar-refractivity contribution in [3.63, 3.8) is 0 Å². The molecule has 1 fully saturated rings. The summed E-state index contributed by atoms with van der Waals surface area (Å²) in [4.78, 5) is 15.1. The number of aromatic nitrogens is 4. The number of rotatable bonds is 7. The van der Waals surface area contributed by atoms with Gasteiger partial charge in [0.25, 0.3) is 11.8 Å². The van der Waals surface area contributed by atoms with E-state index in [1.807, 2.05) is 35.0 Å². The van der Waals surface area contributed by atoms with Gasteiger partial charge in [-0.1, -0.05) is 26.8 Å². The van der Waals surface area contributed by atoms with E-state index in [9.17, 15) is 4.79 Å². The second-order valence-corrected chi connectivity index (χ2v) is 9.32. The van der Waals surface area contributed by atoms with E-state index in [0.29, 0.717) is 29.6 Å². The van der Waals surface area contributed by atoms with Crippen LogP contribution in [-0.2, 0) is 10.2 Å². The van der Waals surface area contributed by atoms with Gasteiger partial charge in [-0.15, -0.1) is 10.2 Å². The molecule has 1 N–H and O–H groups in total. The molecule has 3 heterocycles. The molecule has 1 aliphatic rings. The summed E-state index contributed by atoms with van der Waals surface area (Å²) in [6, 6.07) is 9.47. The van der Waals surface area contributed by atoms with Crippen LogP contribution in [0.25, 0.3) is 17.3 Å². The zero-order valence-electron chi connectivity index (χ0n) is 19.8. The molecule has 1 saturated heterocycles. The highest BCUT2D eigenvalue weighted by Gasteiger charge is 2.24. The van der Waals surface area contributed by atoms with Crippen LogP contribution in [0.1, 0.15) is 49.1 Å². The molecule has 33 heavy (non-hydrogen) atoms. The molecule has 3 aromatic rings.